The van der Waals surface area contributed by atoms with Gasteiger partial charge in [0.15, 0.2) is 0 Å². The van der Waals surface area contributed by atoms with Crippen LogP contribution in [0.4, 0.5) is 0 Å². The Hall–Kier alpha value is -1.19. The number of hydrogen-bond donors (Lipinski definition) is 1. The Morgan fingerprint density at radius 2 is 2.00 bits per heavy atom. The fourth-order valence-corrected chi connectivity index (χ4v) is 2.81. The van der Waals surface area contributed by atoms with Crippen LogP contribution in [0.2, 0.25) is 0 Å². The number of benzene rings is 1. The molecule has 0 saturated heterocycles. The molecule has 2 atom stereocenters. The summed E-state index contributed by atoms with van der Waals surface area (Å²) in [6.07, 6.45) is 2.94. The molecule has 2 nitrogen and oxygen atoms in total. The van der Waals surface area contributed by atoms with Crippen molar-refractivity contribution in [3.63, 3.8) is 0 Å². The standard InChI is InChI=1S/C15H20N2S/c1-4-14(15-16-9-10-18-15)17-12(3)13-7-5-11(2)6-8-13/h5-10,12,14,17H,4H2,1-3H3. The highest BCUT2D eigenvalue weighted by molar-refractivity contribution is 7.09. The summed E-state index contributed by atoms with van der Waals surface area (Å²) in [6, 6.07) is 9.42. The average Bonchev–Trinajstić information content (AvgIpc) is 2.90. The first-order valence-corrected chi connectivity index (χ1v) is 7.30. The van der Waals surface area contributed by atoms with Crippen molar-refractivity contribution in [3.05, 3.63) is 52.0 Å². The van der Waals surface area contributed by atoms with Gasteiger partial charge in [-0.05, 0) is 25.8 Å². The number of rotatable bonds is 5. The van der Waals surface area contributed by atoms with Crippen molar-refractivity contribution in [1.82, 2.24) is 10.3 Å². The molecule has 0 fully saturated rings. The largest absolute Gasteiger partial charge is 0.301 e. The maximum atomic E-state index is 4.40. The minimum Gasteiger partial charge on any atom is -0.301 e. The Bertz CT molecular complexity index is 462. The molecule has 1 heterocycles. The normalized spacial score (nSPS) is 14.4. The van der Waals surface area contributed by atoms with Crippen LogP contribution in [0.5, 0.6) is 0 Å². The van der Waals surface area contributed by atoms with E-state index in [0.717, 1.165) is 6.42 Å². The van der Waals surface area contributed by atoms with Gasteiger partial charge >= 0.3 is 0 Å². The van der Waals surface area contributed by atoms with E-state index in [2.05, 4.69) is 55.3 Å². The minimum atomic E-state index is 0.347. The van der Waals surface area contributed by atoms with Gasteiger partial charge in [-0.25, -0.2) is 4.98 Å². The van der Waals surface area contributed by atoms with Crippen LogP contribution in [-0.2, 0) is 0 Å². The fourth-order valence-electron chi connectivity index (χ4n) is 2.02. The minimum absolute atomic E-state index is 0.347. The summed E-state index contributed by atoms with van der Waals surface area (Å²) in [6.45, 7) is 6.52. The highest BCUT2D eigenvalue weighted by Gasteiger charge is 2.15. The third-order valence-electron chi connectivity index (χ3n) is 3.19. The van der Waals surface area contributed by atoms with E-state index in [0.29, 0.717) is 12.1 Å². The lowest BCUT2D eigenvalue weighted by molar-refractivity contribution is 0.455. The van der Waals surface area contributed by atoms with Crippen molar-refractivity contribution >= 4 is 11.3 Å². The van der Waals surface area contributed by atoms with Crippen molar-refractivity contribution < 1.29 is 0 Å². The average molecular weight is 260 g/mol. The van der Waals surface area contributed by atoms with E-state index >= 15 is 0 Å². The van der Waals surface area contributed by atoms with Gasteiger partial charge < -0.3 is 5.32 Å². The highest BCUT2D eigenvalue weighted by Crippen LogP contribution is 2.23. The third-order valence-corrected chi connectivity index (χ3v) is 4.08. The highest BCUT2D eigenvalue weighted by atomic mass is 32.1. The SMILES string of the molecule is CCC(NC(C)c1ccc(C)cc1)c1nccs1. The molecule has 0 aliphatic heterocycles. The van der Waals surface area contributed by atoms with Crippen LogP contribution in [0.15, 0.2) is 35.8 Å². The van der Waals surface area contributed by atoms with Crippen molar-refractivity contribution in [3.8, 4) is 0 Å². The molecular weight excluding hydrogens is 240 g/mol. The quantitative estimate of drug-likeness (QED) is 0.869. The van der Waals surface area contributed by atoms with Gasteiger partial charge in [0, 0.05) is 17.6 Å². The zero-order valence-corrected chi connectivity index (χ0v) is 12.0. The molecule has 0 aliphatic rings. The van der Waals surface area contributed by atoms with Crippen molar-refractivity contribution in [2.24, 2.45) is 0 Å². The Morgan fingerprint density at radius 3 is 2.56 bits per heavy atom. The maximum absolute atomic E-state index is 4.40. The molecule has 0 radical (unpaired) electrons. The monoisotopic (exact) mass is 260 g/mol. The topological polar surface area (TPSA) is 24.9 Å². The van der Waals surface area contributed by atoms with Crippen LogP contribution in [-0.4, -0.2) is 4.98 Å². The summed E-state index contributed by atoms with van der Waals surface area (Å²) in [5.74, 6) is 0. The summed E-state index contributed by atoms with van der Waals surface area (Å²) < 4.78 is 0. The first-order valence-electron chi connectivity index (χ1n) is 6.42. The summed E-state index contributed by atoms with van der Waals surface area (Å²) in [5.41, 5.74) is 2.63. The number of hydrogen-bond acceptors (Lipinski definition) is 3. The van der Waals surface area contributed by atoms with E-state index in [1.165, 1.54) is 16.1 Å². The number of aromatic nitrogens is 1. The number of thiazole rings is 1. The first kappa shape index (κ1) is 13.2. The Kier molecular flexibility index (Phi) is 4.50. The Labute approximate surface area is 113 Å². The molecule has 3 heteroatoms. The van der Waals surface area contributed by atoms with Gasteiger partial charge in [-0.15, -0.1) is 11.3 Å². The second-order valence-electron chi connectivity index (χ2n) is 4.63. The van der Waals surface area contributed by atoms with Gasteiger partial charge in [-0.1, -0.05) is 36.8 Å². The van der Waals surface area contributed by atoms with E-state index < -0.39 is 0 Å². The van der Waals surface area contributed by atoms with E-state index in [1.807, 2.05) is 11.6 Å². The second kappa shape index (κ2) is 6.12. The lowest BCUT2D eigenvalue weighted by Gasteiger charge is -2.21. The molecule has 2 aromatic rings. The molecule has 18 heavy (non-hydrogen) atoms. The zero-order valence-electron chi connectivity index (χ0n) is 11.2. The van der Waals surface area contributed by atoms with E-state index in [1.54, 1.807) is 11.3 Å². The molecule has 0 bridgehead atoms. The Morgan fingerprint density at radius 1 is 1.28 bits per heavy atom. The van der Waals surface area contributed by atoms with Gasteiger partial charge in [0.25, 0.3) is 0 Å². The predicted octanol–water partition coefficient (Wildman–Crippen LogP) is 4.25. The maximum Gasteiger partial charge on any atom is 0.109 e. The van der Waals surface area contributed by atoms with Crippen LogP contribution < -0.4 is 5.32 Å². The second-order valence-corrected chi connectivity index (χ2v) is 5.56. The predicted molar refractivity (Wildman–Crippen MR) is 77.9 cm³/mol. The number of nitrogens with zero attached hydrogens (tertiary/aromatic N) is 1. The van der Waals surface area contributed by atoms with Crippen molar-refractivity contribution in [2.75, 3.05) is 0 Å². The lowest BCUT2D eigenvalue weighted by Crippen LogP contribution is -2.24. The van der Waals surface area contributed by atoms with Gasteiger partial charge in [-0.2, -0.15) is 0 Å². The van der Waals surface area contributed by atoms with Gasteiger partial charge in [-0.3, -0.25) is 0 Å². The summed E-state index contributed by atoms with van der Waals surface area (Å²) in [4.78, 5) is 4.40. The molecule has 1 N–H and O–H groups in total. The van der Waals surface area contributed by atoms with Gasteiger partial charge in [0.1, 0.15) is 5.01 Å². The summed E-state index contributed by atoms with van der Waals surface area (Å²) in [7, 11) is 0. The summed E-state index contributed by atoms with van der Waals surface area (Å²) >= 11 is 1.72. The number of nitrogens with one attached hydrogen (secondary N) is 1. The first-order chi connectivity index (χ1) is 8.70. The van der Waals surface area contributed by atoms with Gasteiger partial charge in [0.05, 0.1) is 6.04 Å². The van der Waals surface area contributed by atoms with Crippen molar-refractivity contribution in [2.45, 2.75) is 39.3 Å². The molecule has 1 aromatic heterocycles. The molecule has 0 aliphatic carbocycles. The molecule has 0 spiro atoms. The summed E-state index contributed by atoms with van der Waals surface area (Å²) in [5, 5.41) is 6.87. The molecule has 1 aromatic carbocycles. The van der Waals surface area contributed by atoms with Crippen LogP contribution in [0.3, 0.4) is 0 Å². The van der Waals surface area contributed by atoms with Crippen LogP contribution in [0.25, 0.3) is 0 Å². The van der Waals surface area contributed by atoms with Gasteiger partial charge in [0.2, 0.25) is 0 Å². The smallest absolute Gasteiger partial charge is 0.109 e. The fraction of sp³-hybridized carbons (Fsp3) is 0.400. The van der Waals surface area contributed by atoms with Crippen LogP contribution in [0, 0.1) is 6.92 Å². The van der Waals surface area contributed by atoms with E-state index in [-0.39, 0.29) is 0 Å². The molecule has 0 amide bonds. The van der Waals surface area contributed by atoms with E-state index in [9.17, 15) is 0 Å². The third kappa shape index (κ3) is 3.18. The van der Waals surface area contributed by atoms with E-state index in [4.69, 9.17) is 0 Å². The Balaban J connectivity index is 2.05. The zero-order chi connectivity index (χ0) is 13.0. The van der Waals surface area contributed by atoms with Crippen LogP contribution >= 0.6 is 11.3 Å². The molecular formula is C15H20N2S. The van der Waals surface area contributed by atoms with Crippen LogP contribution in [0.1, 0.15) is 48.5 Å². The van der Waals surface area contributed by atoms with Crippen molar-refractivity contribution in [1.29, 1.82) is 0 Å². The molecule has 2 rings (SSSR count). The lowest BCUT2D eigenvalue weighted by atomic mass is 10.1. The molecule has 0 saturated carbocycles. The molecule has 96 valence electrons. The molecule has 2 unspecified atom stereocenters. The number of aryl methyl sites for hydroxylation is 1.